The summed E-state index contributed by atoms with van der Waals surface area (Å²) in [4.78, 5) is 2.95. The molecule has 0 atom stereocenters. The van der Waals surface area contributed by atoms with Gasteiger partial charge in [-0.1, -0.05) is 6.07 Å². The van der Waals surface area contributed by atoms with Crippen molar-refractivity contribution in [2.24, 2.45) is 0 Å². The maximum atomic E-state index is 2.18. The standard InChI is InChI=1S/C7H11NS/c1-8(2)6-7-4-3-5-9-7/h3-5H,6H2,1-2H3/p+1. The lowest BCUT2D eigenvalue weighted by Crippen LogP contribution is -3.04. The van der Waals surface area contributed by atoms with Gasteiger partial charge in [0.2, 0.25) is 0 Å². The Hall–Kier alpha value is -0.340. The summed E-state index contributed by atoms with van der Waals surface area (Å²) in [6, 6.07) is 4.28. The van der Waals surface area contributed by atoms with Crippen molar-refractivity contribution in [3.05, 3.63) is 22.4 Å². The van der Waals surface area contributed by atoms with Crippen molar-refractivity contribution in [3.63, 3.8) is 0 Å². The predicted octanol–water partition coefficient (Wildman–Crippen LogP) is 0.393. The minimum atomic E-state index is 1.15. The minimum Gasteiger partial charge on any atom is -0.335 e. The quantitative estimate of drug-likeness (QED) is 0.609. The van der Waals surface area contributed by atoms with E-state index in [9.17, 15) is 0 Å². The van der Waals surface area contributed by atoms with Crippen LogP contribution in [0.4, 0.5) is 0 Å². The van der Waals surface area contributed by atoms with Crippen molar-refractivity contribution in [2.75, 3.05) is 14.1 Å². The molecule has 1 N–H and O–H groups in total. The average molecular weight is 142 g/mol. The highest BCUT2D eigenvalue weighted by Gasteiger charge is 1.95. The number of nitrogens with one attached hydrogen (secondary N) is 1. The van der Waals surface area contributed by atoms with Gasteiger partial charge in [-0.3, -0.25) is 0 Å². The van der Waals surface area contributed by atoms with E-state index in [1.165, 1.54) is 9.78 Å². The highest BCUT2D eigenvalue weighted by atomic mass is 32.1. The second-order valence-corrected chi connectivity index (χ2v) is 3.50. The van der Waals surface area contributed by atoms with Crippen molar-refractivity contribution < 1.29 is 4.90 Å². The van der Waals surface area contributed by atoms with Gasteiger partial charge in [0.1, 0.15) is 6.54 Å². The molecule has 2 heteroatoms. The third-order valence-electron chi connectivity index (χ3n) is 1.11. The lowest BCUT2D eigenvalue weighted by Gasteiger charge is -2.02. The molecule has 0 saturated heterocycles. The zero-order valence-corrected chi connectivity index (χ0v) is 6.66. The van der Waals surface area contributed by atoms with Crippen LogP contribution in [0.2, 0.25) is 0 Å². The molecule has 50 valence electrons. The van der Waals surface area contributed by atoms with Gasteiger partial charge in [0.15, 0.2) is 0 Å². The summed E-state index contributed by atoms with van der Waals surface area (Å²) in [5, 5.41) is 2.12. The molecule has 0 radical (unpaired) electrons. The van der Waals surface area contributed by atoms with Crippen LogP contribution in [0.1, 0.15) is 4.88 Å². The lowest BCUT2D eigenvalue weighted by molar-refractivity contribution is -0.872. The zero-order valence-electron chi connectivity index (χ0n) is 5.85. The van der Waals surface area contributed by atoms with Crippen molar-refractivity contribution in [2.45, 2.75) is 6.54 Å². The van der Waals surface area contributed by atoms with Crippen LogP contribution in [0.25, 0.3) is 0 Å². The Kier molecular flexibility index (Phi) is 2.25. The van der Waals surface area contributed by atoms with Gasteiger partial charge in [-0.2, -0.15) is 0 Å². The fraction of sp³-hybridized carbons (Fsp3) is 0.429. The molecule has 0 bridgehead atoms. The number of hydrogen-bond acceptors (Lipinski definition) is 1. The summed E-state index contributed by atoms with van der Waals surface area (Å²) in [6.07, 6.45) is 0. The van der Waals surface area contributed by atoms with Crippen LogP contribution in [0.15, 0.2) is 17.5 Å². The normalized spacial score (nSPS) is 10.6. The predicted molar refractivity (Wildman–Crippen MR) is 40.8 cm³/mol. The Morgan fingerprint density at radius 3 is 2.78 bits per heavy atom. The summed E-state index contributed by atoms with van der Waals surface area (Å²) in [6.45, 7) is 1.15. The zero-order chi connectivity index (χ0) is 6.69. The first kappa shape index (κ1) is 6.78. The van der Waals surface area contributed by atoms with Crippen molar-refractivity contribution in [3.8, 4) is 0 Å². The first-order valence-electron chi connectivity index (χ1n) is 3.10. The Morgan fingerprint density at radius 1 is 1.56 bits per heavy atom. The van der Waals surface area contributed by atoms with E-state index in [0.29, 0.717) is 0 Å². The van der Waals surface area contributed by atoms with Gasteiger partial charge >= 0.3 is 0 Å². The summed E-state index contributed by atoms with van der Waals surface area (Å²) in [5.41, 5.74) is 0. The highest BCUT2D eigenvalue weighted by Crippen LogP contribution is 2.05. The number of thiophene rings is 1. The van der Waals surface area contributed by atoms with E-state index < -0.39 is 0 Å². The number of quaternary nitrogens is 1. The fourth-order valence-electron chi connectivity index (χ4n) is 0.762. The van der Waals surface area contributed by atoms with Crippen LogP contribution in [-0.2, 0) is 6.54 Å². The van der Waals surface area contributed by atoms with E-state index in [1.54, 1.807) is 0 Å². The van der Waals surface area contributed by atoms with Crippen LogP contribution < -0.4 is 4.90 Å². The van der Waals surface area contributed by atoms with E-state index in [4.69, 9.17) is 0 Å². The molecule has 1 nitrogen and oxygen atoms in total. The Labute approximate surface area is 59.9 Å². The van der Waals surface area contributed by atoms with Gasteiger partial charge in [0, 0.05) is 0 Å². The first-order chi connectivity index (χ1) is 4.29. The summed E-state index contributed by atoms with van der Waals surface area (Å²) in [5.74, 6) is 0. The smallest absolute Gasteiger partial charge is 0.112 e. The Balaban J connectivity index is 2.48. The van der Waals surface area contributed by atoms with Gasteiger partial charge in [-0.15, -0.1) is 11.3 Å². The van der Waals surface area contributed by atoms with Crippen molar-refractivity contribution in [1.29, 1.82) is 0 Å². The van der Waals surface area contributed by atoms with Gasteiger partial charge in [0.05, 0.1) is 19.0 Å². The van der Waals surface area contributed by atoms with E-state index in [-0.39, 0.29) is 0 Å². The van der Waals surface area contributed by atoms with Gasteiger partial charge < -0.3 is 4.90 Å². The van der Waals surface area contributed by atoms with Crippen molar-refractivity contribution in [1.82, 2.24) is 0 Å². The maximum Gasteiger partial charge on any atom is 0.112 e. The van der Waals surface area contributed by atoms with Crippen LogP contribution in [0.3, 0.4) is 0 Å². The van der Waals surface area contributed by atoms with Crippen LogP contribution in [0, 0.1) is 0 Å². The van der Waals surface area contributed by atoms with Crippen LogP contribution >= 0.6 is 11.3 Å². The summed E-state index contributed by atoms with van der Waals surface area (Å²) < 4.78 is 0. The largest absolute Gasteiger partial charge is 0.335 e. The SMILES string of the molecule is C[NH+](C)Cc1cccs1. The molecule has 0 aliphatic heterocycles. The van der Waals surface area contributed by atoms with E-state index in [0.717, 1.165) is 6.54 Å². The third kappa shape index (κ3) is 2.16. The molecule has 0 unspecified atom stereocenters. The molecule has 1 rings (SSSR count). The average Bonchev–Trinajstić information content (AvgIpc) is 2.15. The molecule has 0 aliphatic rings. The molecule has 0 saturated carbocycles. The second-order valence-electron chi connectivity index (χ2n) is 2.46. The van der Waals surface area contributed by atoms with Crippen LogP contribution in [0.5, 0.6) is 0 Å². The fourth-order valence-corrected chi connectivity index (χ4v) is 1.62. The minimum absolute atomic E-state index is 1.15. The molecule has 1 aromatic rings. The molecular weight excluding hydrogens is 130 g/mol. The molecule has 0 spiro atoms. The molecule has 1 aromatic heterocycles. The number of hydrogen-bond donors (Lipinski definition) is 1. The topological polar surface area (TPSA) is 4.44 Å². The second kappa shape index (κ2) is 2.99. The van der Waals surface area contributed by atoms with E-state index >= 15 is 0 Å². The Morgan fingerprint density at radius 2 is 2.33 bits per heavy atom. The molecule has 9 heavy (non-hydrogen) atoms. The monoisotopic (exact) mass is 142 g/mol. The molecular formula is C7H12NS+. The molecule has 0 aromatic carbocycles. The Bertz CT molecular complexity index is 155. The van der Waals surface area contributed by atoms with Crippen LogP contribution in [-0.4, -0.2) is 14.1 Å². The summed E-state index contributed by atoms with van der Waals surface area (Å²) in [7, 11) is 4.33. The highest BCUT2D eigenvalue weighted by molar-refractivity contribution is 7.09. The summed E-state index contributed by atoms with van der Waals surface area (Å²) >= 11 is 1.83. The van der Waals surface area contributed by atoms with E-state index in [2.05, 4.69) is 31.6 Å². The van der Waals surface area contributed by atoms with Crippen molar-refractivity contribution >= 4 is 11.3 Å². The molecule has 1 heterocycles. The van der Waals surface area contributed by atoms with Gasteiger partial charge in [-0.05, 0) is 11.4 Å². The lowest BCUT2D eigenvalue weighted by atomic mass is 10.4. The molecule has 0 fully saturated rings. The van der Waals surface area contributed by atoms with Gasteiger partial charge in [-0.25, -0.2) is 0 Å². The molecule has 0 amide bonds. The first-order valence-corrected chi connectivity index (χ1v) is 3.98. The number of rotatable bonds is 2. The molecule has 0 aliphatic carbocycles. The third-order valence-corrected chi connectivity index (χ3v) is 1.98. The van der Waals surface area contributed by atoms with Gasteiger partial charge in [0.25, 0.3) is 0 Å². The maximum absolute atomic E-state index is 2.18. The van der Waals surface area contributed by atoms with E-state index in [1.807, 2.05) is 11.3 Å².